The van der Waals surface area contributed by atoms with Crippen molar-refractivity contribution in [3.8, 4) is 17.0 Å². The monoisotopic (exact) mass is 519 g/mol. The van der Waals surface area contributed by atoms with Crippen molar-refractivity contribution in [1.29, 1.82) is 0 Å². The highest BCUT2D eigenvalue weighted by Crippen LogP contribution is 2.35. The molecule has 0 fully saturated rings. The molecule has 176 valence electrons. The lowest BCUT2D eigenvalue weighted by atomic mass is 9.82. The average molecular weight is 520 g/mol. The third kappa shape index (κ3) is 5.50. The first-order chi connectivity index (χ1) is 16.0. The number of fused-ring (bicyclic) bond motifs is 1. The van der Waals surface area contributed by atoms with Crippen LogP contribution in [0.4, 0.5) is 5.82 Å². The van der Waals surface area contributed by atoms with Gasteiger partial charge in [0.15, 0.2) is 0 Å². The van der Waals surface area contributed by atoms with Crippen LogP contribution in [0, 0.1) is 5.41 Å². The number of carbonyl (C=O) groups is 1. The number of pyridine rings is 1. The Morgan fingerprint density at radius 2 is 1.65 bits per heavy atom. The summed E-state index contributed by atoms with van der Waals surface area (Å²) >= 11 is 3.40. The van der Waals surface area contributed by atoms with Crippen LogP contribution in [0.3, 0.4) is 0 Å². The van der Waals surface area contributed by atoms with Gasteiger partial charge in [-0.25, -0.2) is 9.78 Å². The molecule has 4 rings (SSSR count). The molecule has 4 aromatic rings. The normalized spacial score (nSPS) is 12.1. The Kier molecular flexibility index (Phi) is 6.54. The van der Waals surface area contributed by atoms with E-state index in [4.69, 9.17) is 9.72 Å². The van der Waals surface area contributed by atoms with Crippen LogP contribution in [0.1, 0.15) is 51.4 Å². The molecule has 0 spiro atoms. The molecule has 0 aliphatic carbocycles. The smallest absolute Gasteiger partial charge is 0.344 e. The molecule has 1 N–H and O–H groups in total. The number of imidazole rings is 1. The van der Waals surface area contributed by atoms with Gasteiger partial charge in [-0.1, -0.05) is 39.0 Å². The number of hydrogen-bond acceptors (Lipinski definition) is 4. The number of rotatable bonds is 6. The van der Waals surface area contributed by atoms with Crippen molar-refractivity contribution in [2.75, 3.05) is 5.32 Å². The lowest BCUT2D eigenvalue weighted by Crippen LogP contribution is -2.36. The van der Waals surface area contributed by atoms with E-state index in [9.17, 15) is 4.79 Å². The predicted octanol–water partition coefficient (Wildman–Crippen LogP) is 7.61. The van der Waals surface area contributed by atoms with E-state index in [0.29, 0.717) is 15.8 Å². The molecule has 0 atom stereocenters. The first-order valence-electron chi connectivity index (χ1n) is 11.3. The molecule has 6 heteroatoms. The SMILES string of the molecule is CC(C)(C)CC(C)(C)Nc1c(-c2ccc(OC(=O)c3ccccc3Br)cc2)nc2ccccn12. The maximum atomic E-state index is 12.6. The zero-order valence-electron chi connectivity index (χ0n) is 20.2. The van der Waals surface area contributed by atoms with Crippen LogP contribution < -0.4 is 10.1 Å². The Morgan fingerprint density at radius 3 is 2.32 bits per heavy atom. The Labute approximate surface area is 209 Å². The molecule has 0 bridgehead atoms. The lowest BCUT2D eigenvalue weighted by Gasteiger charge is -2.34. The van der Waals surface area contributed by atoms with Gasteiger partial charge in [-0.3, -0.25) is 4.40 Å². The largest absolute Gasteiger partial charge is 0.423 e. The molecule has 34 heavy (non-hydrogen) atoms. The van der Waals surface area contributed by atoms with Gasteiger partial charge in [0.2, 0.25) is 0 Å². The summed E-state index contributed by atoms with van der Waals surface area (Å²) in [5.41, 5.74) is 3.19. The van der Waals surface area contributed by atoms with Crippen LogP contribution in [-0.2, 0) is 0 Å². The first kappa shape index (κ1) is 24.0. The second-order valence-electron chi connectivity index (χ2n) is 10.4. The van der Waals surface area contributed by atoms with Crippen molar-refractivity contribution in [3.05, 3.63) is 83.0 Å². The minimum atomic E-state index is -0.403. The standard InChI is InChI=1S/C28H30BrN3O2/c1-27(2,3)18-28(4,5)31-25-24(30-23-12-8-9-17-32(23)25)19-13-15-20(16-14-19)34-26(33)21-10-6-7-11-22(21)29/h6-17,31H,18H2,1-5H3. The second-order valence-corrected chi connectivity index (χ2v) is 11.2. The molecule has 0 saturated heterocycles. The third-order valence-electron chi connectivity index (χ3n) is 5.39. The minimum Gasteiger partial charge on any atom is -0.423 e. The highest BCUT2D eigenvalue weighted by Gasteiger charge is 2.28. The average Bonchev–Trinajstić information content (AvgIpc) is 3.10. The van der Waals surface area contributed by atoms with Gasteiger partial charge < -0.3 is 10.1 Å². The molecular weight excluding hydrogens is 490 g/mol. The molecule has 0 aliphatic heterocycles. The summed E-state index contributed by atoms with van der Waals surface area (Å²) in [4.78, 5) is 17.5. The quantitative estimate of drug-likeness (QED) is 0.210. The van der Waals surface area contributed by atoms with E-state index in [-0.39, 0.29) is 11.0 Å². The van der Waals surface area contributed by atoms with Crippen molar-refractivity contribution in [1.82, 2.24) is 9.38 Å². The molecular formula is C28H30BrN3O2. The number of ether oxygens (including phenoxy) is 1. The molecule has 2 aromatic heterocycles. The van der Waals surface area contributed by atoms with Gasteiger partial charge in [-0.15, -0.1) is 0 Å². The fourth-order valence-electron chi connectivity index (χ4n) is 4.48. The first-order valence-corrected chi connectivity index (χ1v) is 12.1. The highest BCUT2D eigenvalue weighted by molar-refractivity contribution is 9.10. The van der Waals surface area contributed by atoms with E-state index >= 15 is 0 Å². The van der Waals surface area contributed by atoms with Crippen LogP contribution >= 0.6 is 15.9 Å². The molecule has 2 aromatic carbocycles. The van der Waals surface area contributed by atoms with Crippen molar-refractivity contribution in [3.63, 3.8) is 0 Å². The minimum absolute atomic E-state index is 0.142. The van der Waals surface area contributed by atoms with E-state index in [1.165, 1.54) is 0 Å². The molecule has 0 saturated carbocycles. The molecule has 5 nitrogen and oxygen atoms in total. The Bertz CT molecular complexity index is 1320. The third-order valence-corrected chi connectivity index (χ3v) is 6.08. The van der Waals surface area contributed by atoms with E-state index in [0.717, 1.165) is 29.1 Å². The van der Waals surface area contributed by atoms with Crippen molar-refractivity contribution < 1.29 is 9.53 Å². The summed E-state index contributed by atoms with van der Waals surface area (Å²) < 4.78 is 8.37. The molecule has 0 unspecified atom stereocenters. The molecule has 0 amide bonds. The number of carbonyl (C=O) groups excluding carboxylic acids is 1. The van der Waals surface area contributed by atoms with E-state index in [2.05, 4.69) is 60.3 Å². The van der Waals surface area contributed by atoms with Gasteiger partial charge in [0.05, 0.1) is 5.56 Å². The summed E-state index contributed by atoms with van der Waals surface area (Å²) in [6.07, 6.45) is 3.01. The fraction of sp³-hybridized carbons (Fsp3) is 0.286. The van der Waals surface area contributed by atoms with Crippen LogP contribution in [-0.4, -0.2) is 20.9 Å². The fourth-order valence-corrected chi connectivity index (χ4v) is 4.92. The number of aromatic nitrogens is 2. The number of esters is 1. The number of nitrogens with zero attached hydrogens (tertiary/aromatic N) is 2. The van der Waals surface area contributed by atoms with Crippen LogP contribution in [0.25, 0.3) is 16.9 Å². The predicted molar refractivity (Wildman–Crippen MR) is 142 cm³/mol. The Morgan fingerprint density at radius 1 is 0.971 bits per heavy atom. The summed E-state index contributed by atoms with van der Waals surface area (Å²) in [6, 6.07) is 20.7. The number of anilines is 1. The van der Waals surface area contributed by atoms with Crippen LogP contribution in [0.2, 0.25) is 0 Å². The highest BCUT2D eigenvalue weighted by atomic mass is 79.9. The molecule has 2 heterocycles. The van der Waals surface area contributed by atoms with Crippen molar-refractivity contribution in [2.24, 2.45) is 5.41 Å². The van der Waals surface area contributed by atoms with E-state index < -0.39 is 5.97 Å². The van der Waals surface area contributed by atoms with Gasteiger partial charge >= 0.3 is 5.97 Å². The van der Waals surface area contributed by atoms with Gasteiger partial charge in [-0.05, 0) is 90.1 Å². The van der Waals surface area contributed by atoms with Crippen molar-refractivity contribution in [2.45, 2.75) is 46.6 Å². The van der Waals surface area contributed by atoms with E-state index in [1.54, 1.807) is 18.2 Å². The zero-order chi connectivity index (χ0) is 24.5. The summed E-state index contributed by atoms with van der Waals surface area (Å²) in [5.74, 6) is 1.03. The van der Waals surface area contributed by atoms with Crippen molar-refractivity contribution >= 4 is 33.4 Å². The van der Waals surface area contributed by atoms with Crippen LogP contribution in [0.15, 0.2) is 77.4 Å². The number of hydrogen-bond donors (Lipinski definition) is 1. The number of nitrogens with one attached hydrogen (secondary N) is 1. The topological polar surface area (TPSA) is 55.6 Å². The van der Waals surface area contributed by atoms with Gasteiger partial charge in [0.1, 0.15) is 22.9 Å². The molecule has 0 aliphatic rings. The Balaban J connectivity index is 1.64. The van der Waals surface area contributed by atoms with E-state index in [1.807, 2.05) is 54.7 Å². The zero-order valence-corrected chi connectivity index (χ0v) is 21.8. The maximum Gasteiger partial charge on any atom is 0.344 e. The van der Waals surface area contributed by atoms with Gasteiger partial charge in [-0.2, -0.15) is 0 Å². The maximum absolute atomic E-state index is 12.6. The lowest BCUT2D eigenvalue weighted by molar-refractivity contribution is 0.0734. The number of halogens is 1. The van der Waals surface area contributed by atoms with Crippen LogP contribution in [0.5, 0.6) is 5.75 Å². The number of benzene rings is 2. The van der Waals surface area contributed by atoms with Gasteiger partial charge in [0, 0.05) is 21.8 Å². The summed E-state index contributed by atoms with van der Waals surface area (Å²) in [7, 11) is 0. The Hall–Kier alpha value is -3.12. The summed E-state index contributed by atoms with van der Waals surface area (Å²) in [5, 5.41) is 3.75. The molecule has 0 radical (unpaired) electrons. The summed E-state index contributed by atoms with van der Waals surface area (Å²) in [6.45, 7) is 11.2. The second kappa shape index (κ2) is 9.26. The van der Waals surface area contributed by atoms with Gasteiger partial charge in [0.25, 0.3) is 0 Å².